The highest BCUT2D eigenvalue weighted by Gasteiger charge is 2.12. The average Bonchev–Trinajstić information content (AvgIpc) is 2.78. The van der Waals surface area contributed by atoms with Gasteiger partial charge in [-0.05, 0) is 12.1 Å². The predicted octanol–water partition coefficient (Wildman–Crippen LogP) is 3.13. The number of aryl methyl sites for hydroxylation is 1. The lowest BCUT2D eigenvalue weighted by molar-refractivity contribution is 0.0667. The Labute approximate surface area is 128 Å². The zero-order valence-electron chi connectivity index (χ0n) is 11.4. The molecule has 110 valence electrons. The minimum absolute atomic E-state index is 0.533. The van der Waals surface area contributed by atoms with Crippen molar-refractivity contribution in [3.63, 3.8) is 0 Å². The maximum Gasteiger partial charge on any atom is 0.111 e. The summed E-state index contributed by atoms with van der Waals surface area (Å²) in [7, 11) is 1.66. The van der Waals surface area contributed by atoms with Crippen molar-refractivity contribution in [3.8, 4) is 0 Å². The lowest BCUT2D eigenvalue weighted by Gasteiger charge is -2.10. The second-order valence-electron chi connectivity index (χ2n) is 4.33. The summed E-state index contributed by atoms with van der Waals surface area (Å²) in [6.07, 6.45) is 0.713. The van der Waals surface area contributed by atoms with E-state index in [1.54, 1.807) is 7.11 Å². The lowest BCUT2D eigenvalue weighted by Crippen LogP contribution is -2.12. The minimum Gasteiger partial charge on any atom is -0.382 e. The van der Waals surface area contributed by atoms with Gasteiger partial charge in [0.15, 0.2) is 0 Å². The van der Waals surface area contributed by atoms with Crippen LogP contribution in [-0.4, -0.2) is 42.4 Å². The topological polar surface area (TPSA) is 36.3 Å². The molecule has 0 saturated heterocycles. The van der Waals surface area contributed by atoms with Crippen LogP contribution in [0, 0.1) is 0 Å². The number of hydrogen-bond acceptors (Lipinski definition) is 3. The van der Waals surface area contributed by atoms with Gasteiger partial charge in [-0.15, -0.1) is 11.6 Å². The highest BCUT2D eigenvalue weighted by molar-refractivity contribution is 6.35. The molecule has 0 bridgehead atoms. The van der Waals surface area contributed by atoms with E-state index in [9.17, 15) is 0 Å². The van der Waals surface area contributed by atoms with Crippen LogP contribution in [0.15, 0.2) is 18.2 Å². The van der Waals surface area contributed by atoms with Crippen LogP contribution in [0.5, 0.6) is 0 Å². The molecule has 4 nitrogen and oxygen atoms in total. The van der Waals surface area contributed by atoms with Gasteiger partial charge in [-0.3, -0.25) is 0 Å². The molecule has 20 heavy (non-hydrogen) atoms. The SMILES string of the molecule is COCCOCCn1c(CCCl)nc2cccc(Cl)c21. The monoisotopic (exact) mass is 316 g/mol. The molecule has 1 aromatic heterocycles. The zero-order chi connectivity index (χ0) is 14.4. The van der Waals surface area contributed by atoms with Crippen LogP contribution < -0.4 is 0 Å². The van der Waals surface area contributed by atoms with E-state index in [2.05, 4.69) is 9.55 Å². The van der Waals surface area contributed by atoms with Crippen molar-refractivity contribution in [2.45, 2.75) is 13.0 Å². The number of fused-ring (bicyclic) bond motifs is 1. The van der Waals surface area contributed by atoms with Crippen molar-refractivity contribution in [1.29, 1.82) is 0 Å². The summed E-state index contributed by atoms with van der Waals surface area (Å²) >= 11 is 12.1. The van der Waals surface area contributed by atoms with Gasteiger partial charge < -0.3 is 14.0 Å². The van der Waals surface area contributed by atoms with Gasteiger partial charge in [-0.2, -0.15) is 0 Å². The second kappa shape index (κ2) is 7.84. The van der Waals surface area contributed by atoms with Crippen LogP contribution in [0.25, 0.3) is 11.0 Å². The molecule has 1 heterocycles. The minimum atomic E-state index is 0.533. The molecule has 6 heteroatoms. The number of alkyl halides is 1. The number of halogens is 2. The Hall–Kier alpha value is -0.810. The summed E-state index contributed by atoms with van der Waals surface area (Å²) in [5.41, 5.74) is 1.85. The van der Waals surface area contributed by atoms with E-state index < -0.39 is 0 Å². The van der Waals surface area contributed by atoms with Gasteiger partial charge in [0.25, 0.3) is 0 Å². The van der Waals surface area contributed by atoms with E-state index in [-0.39, 0.29) is 0 Å². The summed E-state index contributed by atoms with van der Waals surface area (Å²) < 4.78 is 12.6. The Morgan fingerprint density at radius 2 is 2.10 bits per heavy atom. The van der Waals surface area contributed by atoms with Crippen molar-refractivity contribution >= 4 is 34.2 Å². The van der Waals surface area contributed by atoms with Gasteiger partial charge in [0, 0.05) is 26.0 Å². The van der Waals surface area contributed by atoms with Crippen molar-refractivity contribution in [2.75, 3.05) is 32.8 Å². The number of ether oxygens (including phenoxy) is 2. The Balaban J connectivity index is 2.17. The fourth-order valence-corrected chi connectivity index (χ4v) is 2.55. The first-order valence-corrected chi connectivity index (χ1v) is 7.45. The first-order valence-electron chi connectivity index (χ1n) is 6.54. The zero-order valence-corrected chi connectivity index (χ0v) is 13.0. The van der Waals surface area contributed by atoms with Crippen molar-refractivity contribution in [3.05, 3.63) is 29.0 Å². The molecular formula is C14H18Cl2N2O2. The van der Waals surface area contributed by atoms with Crippen LogP contribution in [0.2, 0.25) is 5.02 Å². The quantitative estimate of drug-likeness (QED) is 0.554. The van der Waals surface area contributed by atoms with Crippen LogP contribution in [0.4, 0.5) is 0 Å². The molecule has 0 aliphatic carbocycles. The number of nitrogens with zero attached hydrogens (tertiary/aromatic N) is 2. The Kier molecular flexibility index (Phi) is 6.10. The van der Waals surface area contributed by atoms with Crippen LogP contribution in [-0.2, 0) is 22.4 Å². The Morgan fingerprint density at radius 1 is 1.25 bits per heavy atom. The summed E-state index contributed by atoms with van der Waals surface area (Å²) in [6.45, 7) is 2.48. The largest absolute Gasteiger partial charge is 0.382 e. The normalized spacial score (nSPS) is 11.3. The molecule has 0 aliphatic heterocycles. The first-order chi connectivity index (χ1) is 9.77. The number of hydrogen-bond donors (Lipinski definition) is 0. The highest BCUT2D eigenvalue weighted by Crippen LogP contribution is 2.24. The molecule has 0 atom stereocenters. The van der Waals surface area contributed by atoms with Gasteiger partial charge in [0.05, 0.1) is 35.9 Å². The van der Waals surface area contributed by atoms with Crippen molar-refractivity contribution < 1.29 is 9.47 Å². The Bertz CT molecular complexity index is 557. The molecule has 0 unspecified atom stereocenters. The van der Waals surface area contributed by atoms with Crippen LogP contribution in [0.1, 0.15) is 5.82 Å². The number of para-hydroxylation sites is 1. The summed E-state index contributed by atoms with van der Waals surface area (Å²) in [5.74, 6) is 1.48. The molecular weight excluding hydrogens is 299 g/mol. The first kappa shape index (κ1) is 15.6. The van der Waals surface area contributed by atoms with Crippen molar-refractivity contribution in [2.24, 2.45) is 0 Å². The molecule has 0 aliphatic rings. The number of methoxy groups -OCH3 is 1. The fraction of sp³-hybridized carbons (Fsp3) is 0.500. The van der Waals surface area contributed by atoms with E-state index in [0.29, 0.717) is 43.7 Å². The molecule has 0 saturated carbocycles. The van der Waals surface area contributed by atoms with Gasteiger partial charge >= 0.3 is 0 Å². The lowest BCUT2D eigenvalue weighted by atomic mass is 10.3. The molecule has 0 fully saturated rings. The smallest absolute Gasteiger partial charge is 0.111 e. The van der Waals surface area contributed by atoms with Gasteiger partial charge in [-0.25, -0.2) is 4.98 Å². The third kappa shape index (κ3) is 3.64. The van der Waals surface area contributed by atoms with Gasteiger partial charge in [0.1, 0.15) is 5.82 Å². The van der Waals surface area contributed by atoms with Crippen molar-refractivity contribution in [1.82, 2.24) is 9.55 Å². The number of aromatic nitrogens is 2. The molecule has 0 spiro atoms. The van der Waals surface area contributed by atoms with Gasteiger partial charge in [0.2, 0.25) is 0 Å². The summed E-state index contributed by atoms with van der Waals surface area (Å²) in [5, 5.41) is 0.702. The fourth-order valence-electron chi connectivity index (χ4n) is 2.11. The molecule has 2 aromatic rings. The van der Waals surface area contributed by atoms with E-state index in [1.165, 1.54) is 0 Å². The van der Waals surface area contributed by atoms with Gasteiger partial charge in [-0.1, -0.05) is 17.7 Å². The van der Waals surface area contributed by atoms with Crippen LogP contribution >= 0.6 is 23.2 Å². The maximum absolute atomic E-state index is 6.28. The number of imidazole rings is 1. The molecule has 2 rings (SSSR count). The maximum atomic E-state index is 6.28. The van der Waals surface area contributed by atoms with Crippen LogP contribution in [0.3, 0.4) is 0 Å². The molecule has 0 radical (unpaired) electrons. The highest BCUT2D eigenvalue weighted by atomic mass is 35.5. The average molecular weight is 317 g/mol. The van der Waals surface area contributed by atoms with E-state index in [1.807, 2.05) is 18.2 Å². The predicted molar refractivity (Wildman–Crippen MR) is 81.9 cm³/mol. The molecule has 1 aromatic carbocycles. The third-order valence-electron chi connectivity index (χ3n) is 3.01. The number of rotatable bonds is 8. The third-order valence-corrected chi connectivity index (χ3v) is 3.50. The molecule has 0 N–H and O–H groups in total. The van der Waals surface area contributed by atoms with E-state index in [0.717, 1.165) is 16.9 Å². The standard InChI is InChI=1S/C14H18Cl2N2O2/c1-19-9-10-20-8-7-18-13(5-6-15)17-12-4-2-3-11(16)14(12)18/h2-4H,5-10H2,1H3. The summed E-state index contributed by atoms with van der Waals surface area (Å²) in [6, 6.07) is 5.74. The second-order valence-corrected chi connectivity index (χ2v) is 5.12. The summed E-state index contributed by atoms with van der Waals surface area (Å²) in [4.78, 5) is 4.59. The Morgan fingerprint density at radius 3 is 2.85 bits per heavy atom. The van der Waals surface area contributed by atoms with E-state index in [4.69, 9.17) is 32.7 Å². The van der Waals surface area contributed by atoms with E-state index >= 15 is 0 Å². The molecule has 0 amide bonds. The number of benzene rings is 1.